The van der Waals surface area contributed by atoms with Crippen LogP contribution in [0.4, 0.5) is 0 Å². The summed E-state index contributed by atoms with van der Waals surface area (Å²) in [5.41, 5.74) is 2.65. The maximum absolute atomic E-state index is 11.7. The van der Waals surface area contributed by atoms with E-state index in [-0.39, 0.29) is 5.97 Å². The van der Waals surface area contributed by atoms with E-state index in [1.54, 1.807) is 24.5 Å². The van der Waals surface area contributed by atoms with Gasteiger partial charge < -0.3 is 4.74 Å². The number of hydrogen-bond donors (Lipinski definition) is 0. The molecule has 0 amide bonds. The van der Waals surface area contributed by atoms with Crippen molar-refractivity contribution in [3.63, 3.8) is 0 Å². The fourth-order valence-corrected chi connectivity index (χ4v) is 2.11. The van der Waals surface area contributed by atoms with Gasteiger partial charge in [-0.05, 0) is 37.6 Å². The van der Waals surface area contributed by atoms with Gasteiger partial charge in [0.05, 0.1) is 17.6 Å². The highest BCUT2D eigenvalue weighted by Crippen LogP contribution is 2.20. The molecular weight excluding hydrogens is 276 g/mol. The molecule has 2 aromatic rings. The number of nitrogens with zero attached hydrogens (tertiary/aromatic N) is 2. The average Bonchev–Trinajstić information content (AvgIpc) is 2.53. The van der Waals surface area contributed by atoms with Crippen LogP contribution in [0.3, 0.4) is 0 Å². The fraction of sp³-hybridized carbons (Fsp3) is 0.389. The third-order valence-electron chi connectivity index (χ3n) is 3.40. The molecule has 1 aromatic carbocycles. The van der Waals surface area contributed by atoms with Gasteiger partial charge in [-0.1, -0.05) is 26.2 Å². The van der Waals surface area contributed by atoms with Gasteiger partial charge >= 0.3 is 5.97 Å². The molecule has 0 saturated carbocycles. The molecule has 2 rings (SSSR count). The van der Waals surface area contributed by atoms with E-state index in [0.717, 1.165) is 29.8 Å². The number of esters is 1. The molecule has 1 heterocycles. The second-order valence-electron chi connectivity index (χ2n) is 5.35. The van der Waals surface area contributed by atoms with Crippen LogP contribution in [-0.2, 0) is 4.79 Å². The lowest BCUT2D eigenvalue weighted by molar-refractivity contribution is -0.134. The second kappa shape index (κ2) is 8.27. The summed E-state index contributed by atoms with van der Waals surface area (Å²) in [6.07, 6.45) is 8.26. The number of ether oxygens (including phenoxy) is 1. The molecule has 0 atom stereocenters. The largest absolute Gasteiger partial charge is 0.427 e. The van der Waals surface area contributed by atoms with Crippen molar-refractivity contribution in [3.8, 4) is 17.0 Å². The number of carbonyl (C=O) groups is 1. The van der Waals surface area contributed by atoms with E-state index < -0.39 is 0 Å². The molecule has 0 bridgehead atoms. The molecule has 0 aliphatic rings. The number of unbranched alkanes of at least 4 members (excludes halogenated alkanes) is 3. The maximum atomic E-state index is 11.7. The summed E-state index contributed by atoms with van der Waals surface area (Å²) >= 11 is 0. The van der Waals surface area contributed by atoms with E-state index in [2.05, 4.69) is 16.9 Å². The van der Waals surface area contributed by atoms with Gasteiger partial charge in [0.15, 0.2) is 0 Å². The minimum atomic E-state index is -0.168. The summed E-state index contributed by atoms with van der Waals surface area (Å²) in [4.78, 5) is 20.3. The van der Waals surface area contributed by atoms with Gasteiger partial charge in [0.1, 0.15) is 5.75 Å². The quantitative estimate of drug-likeness (QED) is 0.434. The molecular formula is C18H22N2O2. The first-order valence-electron chi connectivity index (χ1n) is 7.79. The van der Waals surface area contributed by atoms with Crippen molar-refractivity contribution in [1.82, 2.24) is 9.97 Å². The SMILES string of the molecule is CCCCCCC(=O)Oc1ccc(-c2cnc(C)cn2)cc1. The Labute approximate surface area is 131 Å². The number of aryl methyl sites for hydroxylation is 1. The van der Waals surface area contributed by atoms with Gasteiger partial charge in [-0.15, -0.1) is 0 Å². The highest BCUT2D eigenvalue weighted by molar-refractivity contribution is 5.72. The number of aromatic nitrogens is 2. The van der Waals surface area contributed by atoms with E-state index in [9.17, 15) is 4.79 Å². The minimum absolute atomic E-state index is 0.168. The maximum Gasteiger partial charge on any atom is 0.311 e. The lowest BCUT2D eigenvalue weighted by Crippen LogP contribution is -2.07. The summed E-state index contributed by atoms with van der Waals surface area (Å²) in [6, 6.07) is 7.36. The van der Waals surface area contributed by atoms with Crippen LogP contribution in [-0.4, -0.2) is 15.9 Å². The lowest BCUT2D eigenvalue weighted by atomic mass is 10.1. The molecule has 1 aromatic heterocycles. The van der Waals surface area contributed by atoms with Crippen molar-refractivity contribution in [2.45, 2.75) is 46.0 Å². The Morgan fingerprint density at radius 3 is 2.45 bits per heavy atom. The van der Waals surface area contributed by atoms with Gasteiger partial charge in [0, 0.05) is 18.2 Å². The molecule has 0 radical (unpaired) electrons. The summed E-state index contributed by atoms with van der Waals surface area (Å²) < 4.78 is 5.33. The Morgan fingerprint density at radius 1 is 1.05 bits per heavy atom. The Hall–Kier alpha value is -2.23. The fourth-order valence-electron chi connectivity index (χ4n) is 2.11. The molecule has 116 valence electrons. The van der Waals surface area contributed by atoms with Crippen molar-refractivity contribution in [2.75, 3.05) is 0 Å². The third kappa shape index (κ3) is 4.95. The van der Waals surface area contributed by atoms with Crippen molar-refractivity contribution < 1.29 is 9.53 Å². The Morgan fingerprint density at radius 2 is 1.82 bits per heavy atom. The van der Waals surface area contributed by atoms with Gasteiger partial charge in [-0.2, -0.15) is 0 Å². The number of carbonyl (C=O) groups excluding carboxylic acids is 1. The van der Waals surface area contributed by atoms with Crippen molar-refractivity contribution in [2.24, 2.45) is 0 Å². The normalized spacial score (nSPS) is 10.5. The van der Waals surface area contributed by atoms with E-state index in [0.29, 0.717) is 12.2 Å². The van der Waals surface area contributed by atoms with Gasteiger partial charge in [-0.25, -0.2) is 0 Å². The Kier molecular flexibility index (Phi) is 6.07. The van der Waals surface area contributed by atoms with Crippen LogP contribution in [0.2, 0.25) is 0 Å². The molecule has 0 N–H and O–H groups in total. The first-order chi connectivity index (χ1) is 10.7. The zero-order valence-corrected chi connectivity index (χ0v) is 13.2. The lowest BCUT2D eigenvalue weighted by Gasteiger charge is -2.06. The summed E-state index contributed by atoms with van der Waals surface area (Å²) in [6.45, 7) is 4.05. The van der Waals surface area contributed by atoms with Gasteiger partial charge in [0.2, 0.25) is 0 Å². The van der Waals surface area contributed by atoms with Crippen LogP contribution in [0.25, 0.3) is 11.3 Å². The number of rotatable bonds is 7. The third-order valence-corrected chi connectivity index (χ3v) is 3.40. The van der Waals surface area contributed by atoms with Crippen molar-refractivity contribution in [3.05, 3.63) is 42.4 Å². The van der Waals surface area contributed by atoms with E-state index in [4.69, 9.17) is 4.74 Å². The van der Waals surface area contributed by atoms with Crippen LogP contribution in [0, 0.1) is 6.92 Å². The van der Waals surface area contributed by atoms with E-state index in [1.807, 2.05) is 19.1 Å². The monoisotopic (exact) mass is 298 g/mol. The summed E-state index contributed by atoms with van der Waals surface area (Å²) in [5.74, 6) is 0.406. The van der Waals surface area contributed by atoms with Crippen molar-refractivity contribution in [1.29, 1.82) is 0 Å². The number of benzene rings is 1. The Balaban J connectivity index is 1.89. The molecule has 0 aliphatic heterocycles. The molecule has 0 saturated heterocycles. The van der Waals surface area contributed by atoms with Crippen LogP contribution < -0.4 is 4.74 Å². The zero-order valence-electron chi connectivity index (χ0n) is 13.2. The molecule has 4 heteroatoms. The highest BCUT2D eigenvalue weighted by atomic mass is 16.5. The first-order valence-corrected chi connectivity index (χ1v) is 7.79. The Bertz CT molecular complexity index is 591. The number of hydrogen-bond acceptors (Lipinski definition) is 4. The van der Waals surface area contributed by atoms with Gasteiger partial charge in [-0.3, -0.25) is 14.8 Å². The van der Waals surface area contributed by atoms with Crippen LogP contribution >= 0.6 is 0 Å². The molecule has 0 spiro atoms. The van der Waals surface area contributed by atoms with Crippen LogP contribution in [0.1, 0.15) is 44.7 Å². The zero-order chi connectivity index (χ0) is 15.8. The molecule has 0 unspecified atom stereocenters. The standard InChI is InChI=1S/C18H22N2O2/c1-3-4-5-6-7-18(21)22-16-10-8-15(9-11-16)17-13-19-14(2)12-20-17/h8-13H,3-7H2,1-2H3. The predicted octanol–water partition coefficient (Wildman–Crippen LogP) is 4.33. The predicted molar refractivity (Wildman–Crippen MR) is 86.6 cm³/mol. The van der Waals surface area contributed by atoms with Crippen LogP contribution in [0.5, 0.6) is 5.75 Å². The first kappa shape index (κ1) is 16.1. The summed E-state index contributed by atoms with van der Waals surface area (Å²) in [7, 11) is 0. The second-order valence-corrected chi connectivity index (χ2v) is 5.35. The average molecular weight is 298 g/mol. The summed E-state index contributed by atoms with van der Waals surface area (Å²) in [5, 5.41) is 0. The molecule has 4 nitrogen and oxygen atoms in total. The van der Waals surface area contributed by atoms with Crippen LogP contribution in [0.15, 0.2) is 36.7 Å². The highest BCUT2D eigenvalue weighted by Gasteiger charge is 2.06. The minimum Gasteiger partial charge on any atom is -0.427 e. The van der Waals surface area contributed by atoms with E-state index >= 15 is 0 Å². The van der Waals surface area contributed by atoms with E-state index in [1.165, 1.54) is 12.8 Å². The van der Waals surface area contributed by atoms with Crippen molar-refractivity contribution >= 4 is 5.97 Å². The molecule has 0 fully saturated rings. The van der Waals surface area contributed by atoms with Gasteiger partial charge in [0.25, 0.3) is 0 Å². The molecule has 0 aliphatic carbocycles. The molecule has 22 heavy (non-hydrogen) atoms. The topological polar surface area (TPSA) is 52.1 Å². The smallest absolute Gasteiger partial charge is 0.311 e.